The van der Waals surface area contributed by atoms with Gasteiger partial charge in [0.25, 0.3) is 0 Å². The number of aromatic nitrogens is 4. The molecule has 42 heavy (non-hydrogen) atoms. The van der Waals surface area contributed by atoms with E-state index in [1.807, 2.05) is 0 Å². The molecule has 2 fully saturated rings. The molecule has 0 radical (unpaired) electrons. The lowest BCUT2D eigenvalue weighted by atomic mass is 10.0. The highest BCUT2D eigenvalue weighted by molar-refractivity contribution is 6.39. The van der Waals surface area contributed by atoms with Crippen LogP contribution in [0.4, 0.5) is 0 Å². The maximum absolute atomic E-state index is 9.51. The van der Waals surface area contributed by atoms with Gasteiger partial charge in [-0.1, -0.05) is 85.9 Å². The summed E-state index contributed by atoms with van der Waals surface area (Å²) in [6.45, 7) is 1.95. The highest BCUT2D eigenvalue weighted by atomic mass is 35.5. The third-order valence-electron chi connectivity index (χ3n) is 6.23. The van der Waals surface area contributed by atoms with E-state index in [2.05, 4.69) is 27.2 Å². The molecule has 2 aliphatic rings. The number of hydrogen-bond acceptors (Lipinski definition) is 9. The topological polar surface area (TPSA) is 132 Å². The maximum atomic E-state index is 9.51. The summed E-state index contributed by atoms with van der Waals surface area (Å²) in [4.78, 5) is 24.1. The van der Waals surface area contributed by atoms with Crippen molar-refractivity contribution in [3.05, 3.63) is 67.5 Å². The minimum Gasteiger partial charge on any atom is -0.391 e. The van der Waals surface area contributed by atoms with E-state index in [-0.39, 0.29) is 35.0 Å². The molecule has 13 heteroatoms. The molecule has 0 aromatic carbocycles. The number of hydrogen-bond donors (Lipinski definition) is 1. The van der Waals surface area contributed by atoms with Crippen molar-refractivity contribution in [3.63, 3.8) is 0 Å². The van der Waals surface area contributed by atoms with E-state index in [4.69, 9.17) is 65.0 Å². The average Bonchev–Trinajstić information content (AvgIpc) is 3.85. The Hall–Kier alpha value is -2.78. The van der Waals surface area contributed by atoms with E-state index in [1.165, 1.54) is 25.2 Å². The first-order valence-corrected chi connectivity index (χ1v) is 13.5. The van der Waals surface area contributed by atoms with Gasteiger partial charge in [0.1, 0.15) is 22.9 Å². The molecule has 0 spiro atoms. The maximum Gasteiger partial charge on any atom is 0.373 e. The second kappa shape index (κ2) is 16.8. The summed E-state index contributed by atoms with van der Waals surface area (Å²) in [5, 5.41) is 19.5. The summed E-state index contributed by atoms with van der Waals surface area (Å²) < 4.78 is 10.8. The SMILES string of the molecule is C.C.C.CCc1c(-c2c(Cl)cncc2Cl)noc1C1CC1.O=C=O.OCc1c(-c2c(Cl)cncc2Cl)noc1C1CC1. The Morgan fingerprint density at radius 3 is 1.38 bits per heavy atom. The van der Waals surface area contributed by atoms with E-state index < -0.39 is 0 Å². The zero-order valence-electron chi connectivity index (χ0n) is 20.6. The van der Waals surface area contributed by atoms with Crippen LogP contribution in [0.5, 0.6) is 0 Å². The number of carbonyl (C=O) groups excluding carboxylic acids is 2. The molecule has 0 saturated heterocycles. The van der Waals surface area contributed by atoms with Crippen molar-refractivity contribution >= 4 is 52.6 Å². The number of aliphatic hydroxyl groups excluding tert-OH is 1. The molecule has 0 aliphatic heterocycles. The van der Waals surface area contributed by atoms with Gasteiger partial charge in [-0.2, -0.15) is 9.59 Å². The molecule has 228 valence electrons. The van der Waals surface area contributed by atoms with Gasteiger partial charge in [-0.15, -0.1) is 0 Å². The highest BCUT2D eigenvalue weighted by Gasteiger charge is 2.34. The predicted molar refractivity (Wildman–Crippen MR) is 164 cm³/mol. The standard InChI is InChI=1S/C13H12Cl2N2O.C12H10Cl2N2O2.CO2.3CH4/c1-2-8-12(17-18-13(8)7-3-4-7)11-9(14)5-16-6-10(11)15;13-8-3-15-4-9(14)10(8)11-7(5-17)12(18-16-11)6-1-2-6;2-1-3;;;/h5-7H,2-4H2,1H3;3-4,6,17H,1-2,5H2;;3*1H4. The molecule has 0 amide bonds. The molecule has 0 unspecified atom stereocenters. The van der Waals surface area contributed by atoms with Crippen molar-refractivity contribution in [2.24, 2.45) is 0 Å². The van der Waals surface area contributed by atoms with E-state index in [9.17, 15) is 5.11 Å². The number of rotatable bonds is 6. The Balaban J connectivity index is 0.000000361. The summed E-state index contributed by atoms with van der Waals surface area (Å²) in [6, 6.07) is 0. The number of pyridine rings is 2. The van der Waals surface area contributed by atoms with Crippen LogP contribution in [0.25, 0.3) is 22.5 Å². The molecule has 2 saturated carbocycles. The molecule has 4 heterocycles. The fourth-order valence-corrected chi connectivity index (χ4v) is 5.23. The van der Waals surface area contributed by atoms with Crippen LogP contribution < -0.4 is 0 Å². The first kappa shape index (κ1) is 37.2. The van der Waals surface area contributed by atoms with Gasteiger partial charge in [-0.05, 0) is 32.1 Å². The summed E-state index contributed by atoms with van der Waals surface area (Å²) >= 11 is 24.5. The van der Waals surface area contributed by atoms with Crippen molar-refractivity contribution in [2.45, 2.75) is 79.8 Å². The highest BCUT2D eigenvalue weighted by Crippen LogP contribution is 2.46. The second-order valence-corrected chi connectivity index (χ2v) is 10.5. The third-order valence-corrected chi connectivity index (χ3v) is 7.37. The first-order chi connectivity index (χ1) is 18.9. The van der Waals surface area contributed by atoms with Gasteiger partial charge in [-0.3, -0.25) is 9.97 Å². The molecule has 4 aromatic heterocycles. The van der Waals surface area contributed by atoms with Gasteiger partial charge >= 0.3 is 6.15 Å². The van der Waals surface area contributed by atoms with E-state index in [0.29, 0.717) is 48.7 Å². The molecular weight excluding hydrogens is 626 g/mol. The van der Waals surface area contributed by atoms with E-state index >= 15 is 0 Å². The Morgan fingerprint density at radius 1 is 0.738 bits per heavy atom. The van der Waals surface area contributed by atoms with Gasteiger partial charge in [0.05, 0.1) is 26.7 Å². The Labute approximate surface area is 265 Å². The van der Waals surface area contributed by atoms with Crippen molar-refractivity contribution < 1.29 is 23.7 Å². The first-order valence-electron chi connectivity index (χ1n) is 12.0. The molecule has 4 aromatic rings. The molecule has 9 nitrogen and oxygen atoms in total. The van der Waals surface area contributed by atoms with Crippen molar-refractivity contribution in [3.8, 4) is 22.5 Å². The normalized spacial score (nSPS) is 13.1. The summed E-state index contributed by atoms with van der Waals surface area (Å²) in [7, 11) is 0. The van der Waals surface area contributed by atoms with Crippen LogP contribution in [-0.4, -0.2) is 31.5 Å². The smallest absolute Gasteiger partial charge is 0.373 e. The number of nitrogens with zero attached hydrogens (tertiary/aromatic N) is 4. The molecule has 6 rings (SSSR count). The van der Waals surface area contributed by atoms with Crippen LogP contribution in [0.2, 0.25) is 20.1 Å². The third kappa shape index (κ3) is 8.19. The van der Waals surface area contributed by atoms with Crippen LogP contribution >= 0.6 is 46.4 Å². The summed E-state index contributed by atoms with van der Waals surface area (Å²) in [6.07, 6.45) is 11.8. The van der Waals surface area contributed by atoms with Crippen LogP contribution in [0.1, 0.15) is 89.4 Å². The lowest BCUT2D eigenvalue weighted by Gasteiger charge is -2.04. The van der Waals surface area contributed by atoms with Crippen molar-refractivity contribution in [1.29, 1.82) is 0 Å². The lowest BCUT2D eigenvalue weighted by Crippen LogP contribution is -1.92. The Bertz CT molecular complexity index is 1350. The monoisotopic (exact) mass is 658 g/mol. The molecule has 1 N–H and O–H groups in total. The number of halogens is 4. The fourth-order valence-electron chi connectivity index (χ4n) is 4.14. The molecular formula is C29H34Cl4N4O5. The zero-order valence-corrected chi connectivity index (χ0v) is 23.6. The van der Waals surface area contributed by atoms with Gasteiger partial charge in [0, 0.05) is 58.9 Å². The van der Waals surface area contributed by atoms with Gasteiger partial charge in [0.15, 0.2) is 0 Å². The van der Waals surface area contributed by atoms with Crippen LogP contribution in [-0.2, 0) is 22.6 Å². The van der Waals surface area contributed by atoms with E-state index in [1.54, 1.807) is 12.4 Å². The molecule has 0 bridgehead atoms. The largest absolute Gasteiger partial charge is 0.391 e. The Kier molecular flexibility index (Phi) is 14.9. The summed E-state index contributed by atoms with van der Waals surface area (Å²) in [5.41, 5.74) is 4.35. The van der Waals surface area contributed by atoms with Crippen LogP contribution in [0.3, 0.4) is 0 Å². The predicted octanol–water partition coefficient (Wildman–Crippen LogP) is 9.22. The quantitative estimate of drug-likeness (QED) is 0.215. The van der Waals surface area contributed by atoms with Gasteiger partial charge in [0.2, 0.25) is 0 Å². The minimum absolute atomic E-state index is 0. The Morgan fingerprint density at radius 2 is 1.07 bits per heavy atom. The zero-order chi connectivity index (χ0) is 28.1. The van der Waals surface area contributed by atoms with E-state index in [0.717, 1.165) is 47.6 Å². The average molecular weight is 660 g/mol. The van der Waals surface area contributed by atoms with Gasteiger partial charge in [-0.25, -0.2) is 0 Å². The van der Waals surface area contributed by atoms with Crippen LogP contribution in [0.15, 0.2) is 33.8 Å². The van der Waals surface area contributed by atoms with Crippen molar-refractivity contribution in [1.82, 2.24) is 20.3 Å². The van der Waals surface area contributed by atoms with Gasteiger partial charge < -0.3 is 14.2 Å². The fraction of sp³-hybridized carbons (Fsp3) is 0.414. The minimum atomic E-state index is -0.139. The number of aliphatic hydroxyl groups is 1. The lowest BCUT2D eigenvalue weighted by molar-refractivity contribution is -0.191. The molecule has 2 aliphatic carbocycles. The second-order valence-electron chi connectivity index (χ2n) is 8.85. The summed E-state index contributed by atoms with van der Waals surface area (Å²) in [5.74, 6) is 2.64. The van der Waals surface area contributed by atoms with Crippen LogP contribution in [0, 0.1) is 0 Å². The molecule has 0 atom stereocenters. The van der Waals surface area contributed by atoms with Crippen molar-refractivity contribution in [2.75, 3.05) is 0 Å².